The first-order valence-corrected chi connectivity index (χ1v) is 10.2. The van der Waals surface area contributed by atoms with Gasteiger partial charge in [0.2, 0.25) is 5.88 Å². The number of aromatic nitrogens is 2. The van der Waals surface area contributed by atoms with E-state index in [-0.39, 0.29) is 19.1 Å². The van der Waals surface area contributed by atoms with Gasteiger partial charge < -0.3 is 19.2 Å². The number of rotatable bonds is 6. The van der Waals surface area contributed by atoms with Crippen LogP contribution in [0.15, 0.2) is 24.4 Å². The van der Waals surface area contributed by atoms with Gasteiger partial charge in [0.1, 0.15) is 0 Å². The number of likely N-dealkylation sites (tertiary alicyclic amines) is 1. The molecule has 0 aliphatic carbocycles. The highest BCUT2D eigenvalue weighted by atomic mass is 16.7. The highest BCUT2D eigenvalue weighted by Gasteiger charge is 2.21. The number of nitrogens with zero attached hydrogens (tertiary/aromatic N) is 2. The quantitative estimate of drug-likeness (QED) is 0.622. The zero-order valence-corrected chi connectivity index (χ0v) is 17.0. The van der Waals surface area contributed by atoms with Crippen LogP contribution in [0.25, 0.3) is 21.8 Å². The van der Waals surface area contributed by atoms with Gasteiger partial charge in [-0.1, -0.05) is 18.6 Å². The van der Waals surface area contributed by atoms with Crippen LogP contribution in [0.3, 0.4) is 0 Å². The molecule has 2 aromatic heterocycles. The van der Waals surface area contributed by atoms with Gasteiger partial charge in [0.05, 0.1) is 30.5 Å². The van der Waals surface area contributed by atoms with Crippen molar-refractivity contribution in [3.63, 3.8) is 0 Å². The number of methoxy groups -OCH3 is 1. The number of carbonyl (C=O) groups excluding carboxylic acids is 1. The SMILES string of the molecule is CCOC(=O)Oc1ncc2[nH]c3cccc(CN4CCCCC4)c3c2c1COC. The fourth-order valence-electron chi connectivity index (χ4n) is 4.14. The summed E-state index contributed by atoms with van der Waals surface area (Å²) in [4.78, 5) is 22.2. The third-order valence-corrected chi connectivity index (χ3v) is 5.38. The number of aromatic amines is 1. The molecule has 1 N–H and O–H groups in total. The number of H-pyrrole nitrogens is 1. The number of carbonyl (C=O) groups is 1. The average Bonchev–Trinajstić information content (AvgIpc) is 3.11. The zero-order valence-electron chi connectivity index (χ0n) is 17.0. The topological polar surface area (TPSA) is 76.7 Å². The van der Waals surface area contributed by atoms with E-state index in [1.165, 1.54) is 24.8 Å². The Labute approximate surface area is 169 Å². The van der Waals surface area contributed by atoms with Crippen LogP contribution in [0.2, 0.25) is 0 Å². The van der Waals surface area contributed by atoms with E-state index < -0.39 is 6.16 Å². The summed E-state index contributed by atoms with van der Waals surface area (Å²) in [5.41, 5.74) is 3.94. The number of benzene rings is 1. The van der Waals surface area contributed by atoms with Crippen molar-refractivity contribution in [1.29, 1.82) is 0 Å². The Bertz CT molecular complexity index is 1010. The summed E-state index contributed by atoms with van der Waals surface area (Å²) in [6.07, 6.45) is 4.75. The number of fused-ring (bicyclic) bond motifs is 3. The lowest BCUT2D eigenvalue weighted by Gasteiger charge is -2.26. The molecule has 3 aromatic rings. The fraction of sp³-hybridized carbons (Fsp3) is 0.455. The third-order valence-electron chi connectivity index (χ3n) is 5.38. The Kier molecular flexibility index (Phi) is 5.97. The van der Waals surface area contributed by atoms with Gasteiger partial charge in [-0.15, -0.1) is 0 Å². The first-order chi connectivity index (χ1) is 14.2. The van der Waals surface area contributed by atoms with Crippen LogP contribution in [0.1, 0.15) is 37.3 Å². The van der Waals surface area contributed by atoms with Gasteiger partial charge in [-0.3, -0.25) is 4.90 Å². The van der Waals surface area contributed by atoms with E-state index in [0.29, 0.717) is 0 Å². The number of hydrogen-bond acceptors (Lipinski definition) is 6. The molecule has 0 saturated carbocycles. The fourth-order valence-corrected chi connectivity index (χ4v) is 4.14. The molecule has 4 rings (SSSR count). The van der Waals surface area contributed by atoms with Crippen LogP contribution >= 0.6 is 0 Å². The van der Waals surface area contributed by atoms with E-state index in [2.05, 4.69) is 33.1 Å². The Morgan fingerprint density at radius 3 is 2.76 bits per heavy atom. The van der Waals surface area contributed by atoms with Gasteiger partial charge >= 0.3 is 6.16 Å². The summed E-state index contributed by atoms with van der Waals surface area (Å²) in [5, 5.41) is 2.12. The molecule has 1 fully saturated rings. The van der Waals surface area contributed by atoms with E-state index in [0.717, 1.165) is 47.0 Å². The molecule has 1 saturated heterocycles. The van der Waals surface area contributed by atoms with Crippen molar-refractivity contribution in [2.75, 3.05) is 26.8 Å². The Hall–Kier alpha value is -2.64. The predicted molar refractivity (Wildman–Crippen MR) is 111 cm³/mol. The molecule has 29 heavy (non-hydrogen) atoms. The van der Waals surface area contributed by atoms with Crippen molar-refractivity contribution in [3.05, 3.63) is 35.5 Å². The lowest BCUT2D eigenvalue weighted by Crippen LogP contribution is -2.29. The minimum absolute atomic E-state index is 0.228. The van der Waals surface area contributed by atoms with Crippen molar-refractivity contribution in [2.24, 2.45) is 0 Å². The summed E-state index contributed by atoms with van der Waals surface area (Å²) in [7, 11) is 1.62. The zero-order chi connectivity index (χ0) is 20.2. The lowest BCUT2D eigenvalue weighted by atomic mass is 10.0. The second-order valence-corrected chi connectivity index (χ2v) is 7.35. The standard InChI is InChI=1S/C22H27N3O4/c1-3-28-22(26)29-21-16(14-27-2)20-18(12-23-21)24-17-9-7-8-15(19(17)20)13-25-10-5-4-6-11-25/h7-9,12,24H,3-6,10-11,13-14H2,1-2H3. The molecular formula is C22H27N3O4. The summed E-state index contributed by atoms with van der Waals surface area (Å²) >= 11 is 0. The first-order valence-electron chi connectivity index (χ1n) is 10.2. The van der Waals surface area contributed by atoms with Gasteiger partial charge in [-0.05, 0) is 44.5 Å². The van der Waals surface area contributed by atoms with Crippen LogP contribution in [-0.2, 0) is 22.6 Å². The normalized spacial score (nSPS) is 15.1. The molecule has 7 heteroatoms. The largest absolute Gasteiger partial charge is 0.515 e. The van der Waals surface area contributed by atoms with E-state index >= 15 is 0 Å². The molecule has 154 valence electrons. The number of nitrogens with one attached hydrogen (secondary N) is 1. The lowest BCUT2D eigenvalue weighted by molar-refractivity contribution is 0.101. The molecule has 0 spiro atoms. The van der Waals surface area contributed by atoms with Crippen molar-refractivity contribution in [2.45, 2.75) is 39.3 Å². The Morgan fingerprint density at radius 1 is 1.17 bits per heavy atom. The molecule has 0 atom stereocenters. The van der Waals surface area contributed by atoms with E-state index in [4.69, 9.17) is 14.2 Å². The number of ether oxygens (including phenoxy) is 3. The van der Waals surface area contributed by atoms with Crippen molar-refractivity contribution in [3.8, 4) is 5.88 Å². The van der Waals surface area contributed by atoms with Crippen molar-refractivity contribution in [1.82, 2.24) is 14.9 Å². The molecule has 1 aliphatic heterocycles. The highest BCUT2D eigenvalue weighted by Crippen LogP contribution is 2.35. The molecule has 1 aromatic carbocycles. The van der Waals surface area contributed by atoms with Crippen LogP contribution in [0.5, 0.6) is 5.88 Å². The summed E-state index contributed by atoms with van der Waals surface area (Å²) in [6.45, 7) is 5.41. The maximum absolute atomic E-state index is 11.9. The minimum atomic E-state index is -0.759. The van der Waals surface area contributed by atoms with E-state index in [9.17, 15) is 4.79 Å². The predicted octanol–water partition coefficient (Wildman–Crippen LogP) is 4.38. The summed E-state index contributed by atoms with van der Waals surface area (Å²) in [6, 6.07) is 6.32. The third kappa shape index (κ3) is 4.06. The number of pyridine rings is 1. The van der Waals surface area contributed by atoms with Crippen LogP contribution in [-0.4, -0.2) is 47.8 Å². The molecule has 7 nitrogen and oxygen atoms in total. The maximum Gasteiger partial charge on any atom is 0.515 e. The van der Waals surface area contributed by atoms with Gasteiger partial charge in [0.15, 0.2) is 0 Å². The van der Waals surface area contributed by atoms with Gasteiger partial charge in [0, 0.05) is 29.9 Å². The van der Waals surface area contributed by atoms with E-state index in [1.807, 2.05) is 0 Å². The minimum Gasteiger partial charge on any atom is -0.434 e. The van der Waals surface area contributed by atoms with Gasteiger partial charge in [-0.25, -0.2) is 9.78 Å². The van der Waals surface area contributed by atoms with Crippen LogP contribution < -0.4 is 4.74 Å². The molecule has 0 bridgehead atoms. The molecule has 3 heterocycles. The highest BCUT2D eigenvalue weighted by molar-refractivity contribution is 6.11. The van der Waals surface area contributed by atoms with Gasteiger partial charge in [-0.2, -0.15) is 0 Å². The summed E-state index contributed by atoms with van der Waals surface area (Å²) in [5.74, 6) is 0.228. The van der Waals surface area contributed by atoms with Crippen molar-refractivity contribution >= 4 is 28.0 Å². The Morgan fingerprint density at radius 2 is 2.00 bits per heavy atom. The summed E-state index contributed by atoms with van der Waals surface area (Å²) < 4.78 is 15.7. The van der Waals surface area contributed by atoms with Crippen LogP contribution in [0, 0.1) is 0 Å². The maximum atomic E-state index is 11.9. The second kappa shape index (κ2) is 8.80. The smallest absolute Gasteiger partial charge is 0.434 e. The monoisotopic (exact) mass is 397 g/mol. The second-order valence-electron chi connectivity index (χ2n) is 7.35. The molecule has 1 aliphatic rings. The Balaban J connectivity index is 1.83. The molecule has 0 radical (unpaired) electrons. The average molecular weight is 397 g/mol. The number of piperidine rings is 1. The van der Waals surface area contributed by atoms with Crippen molar-refractivity contribution < 1.29 is 19.0 Å². The number of hydrogen-bond donors (Lipinski definition) is 1. The van der Waals surface area contributed by atoms with Crippen LogP contribution in [0.4, 0.5) is 4.79 Å². The molecular weight excluding hydrogens is 370 g/mol. The molecule has 0 amide bonds. The first kappa shape index (κ1) is 19.7. The van der Waals surface area contributed by atoms with E-state index in [1.54, 1.807) is 20.2 Å². The van der Waals surface area contributed by atoms with Gasteiger partial charge in [0.25, 0.3) is 0 Å². The molecule has 0 unspecified atom stereocenters.